The van der Waals surface area contributed by atoms with Crippen LogP contribution in [0.5, 0.6) is 0 Å². The average molecular weight is 251 g/mol. The molecular formula is C15H29N3. The predicted octanol–water partition coefficient (Wildman–Crippen LogP) is 3.66. The third kappa shape index (κ3) is 4.81. The Labute approximate surface area is 112 Å². The molecule has 0 aliphatic carbocycles. The molecule has 0 saturated carbocycles. The quantitative estimate of drug-likeness (QED) is 0.726. The van der Waals surface area contributed by atoms with E-state index in [4.69, 9.17) is 0 Å². The van der Waals surface area contributed by atoms with Crippen molar-refractivity contribution in [2.24, 2.45) is 0 Å². The molecule has 1 atom stereocenters. The van der Waals surface area contributed by atoms with Gasteiger partial charge in [0.25, 0.3) is 0 Å². The van der Waals surface area contributed by atoms with E-state index < -0.39 is 0 Å². The summed E-state index contributed by atoms with van der Waals surface area (Å²) in [5.41, 5.74) is 2.43. The highest BCUT2D eigenvalue weighted by Gasteiger charge is 2.09. The predicted molar refractivity (Wildman–Crippen MR) is 77.7 cm³/mol. The minimum atomic E-state index is 0.662. The van der Waals surface area contributed by atoms with Crippen molar-refractivity contribution < 1.29 is 0 Å². The summed E-state index contributed by atoms with van der Waals surface area (Å²) in [5, 5.41) is 8.19. The maximum atomic E-state index is 4.49. The Balaban J connectivity index is 2.49. The van der Waals surface area contributed by atoms with Crippen LogP contribution in [-0.4, -0.2) is 15.8 Å². The van der Waals surface area contributed by atoms with Crippen LogP contribution in [0.4, 0.5) is 0 Å². The molecule has 0 aliphatic heterocycles. The molecule has 0 aromatic carbocycles. The lowest BCUT2D eigenvalue weighted by atomic mass is 10.1. The molecule has 0 aliphatic rings. The van der Waals surface area contributed by atoms with Crippen molar-refractivity contribution in [2.45, 2.75) is 78.9 Å². The van der Waals surface area contributed by atoms with Crippen molar-refractivity contribution in [1.82, 2.24) is 15.1 Å². The van der Waals surface area contributed by atoms with E-state index in [2.05, 4.69) is 48.9 Å². The van der Waals surface area contributed by atoms with Gasteiger partial charge in [-0.3, -0.25) is 4.68 Å². The fraction of sp³-hybridized carbons (Fsp3) is 0.800. The second-order valence-corrected chi connectivity index (χ2v) is 5.10. The number of nitrogens with zero attached hydrogens (tertiary/aromatic N) is 2. The van der Waals surface area contributed by atoms with Crippen LogP contribution < -0.4 is 5.32 Å². The first-order valence-corrected chi connectivity index (χ1v) is 7.47. The summed E-state index contributed by atoms with van der Waals surface area (Å²) in [7, 11) is 0. The zero-order chi connectivity index (χ0) is 13.4. The molecular weight excluding hydrogens is 222 g/mol. The molecule has 0 radical (unpaired) electrons. The summed E-state index contributed by atoms with van der Waals surface area (Å²) in [6, 6.07) is 2.86. The van der Waals surface area contributed by atoms with Crippen LogP contribution in [0.3, 0.4) is 0 Å². The Morgan fingerprint density at radius 3 is 2.61 bits per heavy atom. The first-order chi connectivity index (χ1) is 8.71. The Kier molecular flexibility index (Phi) is 7.02. The van der Waals surface area contributed by atoms with Crippen LogP contribution >= 0.6 is 0 Å². The van der Waals surface area contributed by atoms with E-state index in [1.807, 2.05) is 0 Å². The standard InChI is InChI=1S/C15H29N3/c1-5-8-10-14(9-6-2)16-12-15-11-13(4)17-18(15)7-3/h11,14,16H,5-10,12H2,1-4H3. The van der Waals surface area contributed by atoms with Gasteiger partial charge in [0.1, 0.15) is 0 Å². The highest BCUT2D eigenvalue weighted by atomic mass is 15.3. The van der Waals surface area contributed by atoms with Gasteiger partial charge in [-0.2, -0.15) is 5.10 Å². The van der Waals surface area contributed by atoms with Crippen molar-refractivity contribution in [3.05, 3.63) is 17.5 Å². The van der Waals surface area contributed by atoms with Crippen molar-refractivity contribution in [3.8, 4) is 0 Å². The summed E-state index contributed by atoms with van der Waals surface area (Å²) in [6.45, 7) is 10.6. The first-order valence-electron chi connectivity index (χ1n) is 7.47. The minimum absolute atomic E-state index is 0.662. The molecule has 104 valence electrons. The Morgan fingerprint density at radius 1 is 1.22 bits per heavy atom. The molecule has 18 heavy (non-hydrogen) atoms. The number of nitrogens with one attached hydrogen (secondary N) is 1. The fourth-order valence-electron chi connectivity index (χ4n) is 2.41. The van der Waals surface area contributed by atoms with Gasteiger partial charge in [-0.1, -0.05) is 33.1 Å². The van der Waals surface area contributed by atoms with Crippen LogP contribution in [0, 0.1) is 6.92 Å². The zero-order valence-corrected chi connectivity index (χ0v) is 12.5. The second kappa shape index (κ2) is 8.30. The van der Waals surface area contributed by atoms with E-state index >= 15 is 0 Å². The SMILES string of the molecule is CCCCC(CCC)NCc1cc(C)nn1CC. The highest BCUT2D eigenvalue weighted by Crippen LogP contribution is 2.09. The third-order valence-corrected chi connectivity index (χ3v) is 3.40. The van der Waals surface area contributed by atoms with E-state index in [9.17, 15) is 0 Å². The maximum absolute atomic E-state index is 4.49. The molecule has 1 unspecified atom stereocenters. The highest BCUT2D eigenvalue weighted by molar-refractivity contribution is 5.08. The lowest BCUT2D eigenvalue weighted by Gasteiger charge is -2.18. The zero-order valence-electron chi connectivity index (χ0n) is 12.5. The van der Waals surface area contributed by atoms with Gasteiger partial charge in [0, 0.05) is 19.1 Å². The molecule has 0 fully saturated rings. The summed E-state index contributed by atoms with van der Waals surface area (Å²) >= 11 is 0. The van der Waals surface area contributed by atoms with E-state index in [1.54, 1.807) is 0 Å². The average Bonchev–Trinajstić information content (AvgIpc) is 2.73. The Morgan fingerprint density at radius 2 is 2.00 bits per heavy atom. The monoisotopic (exact) mass is 251 g/mol. The summed E-state index contributed by atoms with van der Waals surface area (Å²) in [6.07, 6.45) is 6.44. The Bertz CT molecular complexity index is 330. The minimum Gasteiger partial charge on any atom is -0.308 e. The molecule has 0 bridgehead atoms. The van der Waals surface area contributed by atoms with Gasteiger partial charge in [0.05, 0.1) is 11.4 Å². The number of unbranched alkanes of at least 4 members (excludes halogenated alkanes) is 1. The molecule has 1 aromatic rings. The molecule has 3 heteroatoms. The van der Waals surface area contributed by atoms with Gasteiger partial charge in [0.2, 0.25) is 0 Å². The van der Waals surface area contributed by atoms with Crippen molar-refractivity contribution >= 4 is 0 Å². The third-order valence-electron chi connectivity index (χ3n) is 3.40. The molecule has 1 aromatic heterocycles. The summed E-state index contributed by atoms with van der Waals surface area (Å²) < 4.78 is 2.10. The van der Waals surface area contributed by atoms with Gasteiger partial charge in [-0.25, -0.2) is 0 Å². The van der Waals surface area contributed by atoms with E-state index in [1.165, 1.54) is 37.8 Å². The van der Waals surface area contributed by atoms with Gasteiger partial charge in [0.15, 0.2) is 0 Å². The molecule has 0 saturated heterocycles. The summed E-state index contributed by atoms with van der Waals surface area (Å²) in [4.78, 5) is 0. The van der Waals surface area contributed by atoms with Gasteiger partial charge < -0.3 is 5.32 Å². The molecule has 0 spiro atoms. The number of aromatic nitrogens is 2. The lowest BCUT2D eigenvalue weighted by Crippen LogP contribution is -2.29. The van der Waals surface area contributed by atoms with E-state index in [-0.39, 0.29) is 0 Å². The van der Waals surface area contributed by atoms with Crippen LogP contribution in [0.1, 0.15) is 64.3 Å². The van der Waals surface area contributed by atoms with Gasteiger partial charge in [-0.05, 0) is 32.8 Å². The normalized spacial score (nSPS) is 12.9. The molecule has 1 rings (SSSR count). The van der Waals surface area contributed by atoms with Crippen LogP contribution in [0.25, 0.3) is 0 Å². The Hall–Kier alpha value is -0.830. The van der Waals surface area contributed by atoms with Crippen LogP contribution in [0.2, 0.25) is 0 Å². The fourth-order valence-corrected chi connectivity index (χ4v) is 2.41. The molecule has 0 amide bonds. The van der Waals surface area contributed by atoms with Crippen molar-refractivity contribution in [3.63, 3.8) is 0 Å². The molecule has 3 nitrogen and oxygen atoms in total. The largest absolute Gasteiger partial charge is 0.308 e. The van der Waals surface area contributed by atoms with E-state index in [0.29, 0.717) is 6.04 Å². The lowest BCUT2D eigenvalue weighted by molar-refractivity contribution is 0.424. The van der Waals surface area contributed by atoms with Crippen LogP contribution in [-0.2, 0) is 13.1 Å². The number of hydrogen-bond donors (Lipinski definition) is 1. The topological polar surface area (TPSA) is 29.9 Å². The van der Waals surface area contributed by atoms with Gasteiger partial charge in [-0.15, -0.1) is 0 Å². The van der Waals surface area contributed by atoms with Crippen molar-refractivity contribution in [2.75, 3.05) is 0 Å². The van der Waals surface area contributed by atoms with Gasteiger partial charge >= 0.3 is 0 Å². The number of hydrogen-bond acceptors (Lipinski definition) is 2. The first kappa shape index (κ1) is 15.2. The number of aryl methyl sites for hydroxylation is 2. The molecule has 1 N–H and O–H groups in total. The van der Waals surface area contributed by atoms with E-state index in [0.717, 1.165) is 18.8 Å². The second-order valence-electron chi connectivity index (χ2n) is 5.10. The summed E-state index contributed by atoms with van der Waals surface area (Å²) in [5.74, 6) is 0. The van der Waals surface area contributed by atoms with Crippen LogP contribution in [0.15, 0.2) is 6.07 Å². The smallest absolute Gasteiger partial charge is 0.0597 e. The number of rotatable bonds is 9. The maximum Gasteiger partial charge on any atom is 0.0597 e. The van der Waals surface area contributed by atoms with Crippen molar-refractivity contribution in [1.29, 1.82) is 0 Å². The molecule has 1 heterocycles.